The van der Waals surface area contributed by atoms with Gasteiger partial charge in [-0.3, -0.25) is 9.69 Å². The zero-order valence-electron chi connectivity index (χ0n) is 14.1. The molecular weight excluding hydrogens is 379 g/mol. The minimum absolute atomic E-state index is 0.189. The lowest BCUT2D eigenvalue weighted by Gasteiger charge is -2.18. The van der Waals surface area contributed by atoms with Gasteiger partial charge in [0.25, 0.3) is 5.91 Å². The van der Waals surface area contributed by atoms with Crippen LogP contribution in [0.5, 0.6) is 0 Å². The maximum Gasteiger partial charge on any atom is 0.282 e. The summed E-state index contributed by atoms with van der Waals surface area (Å²) < 4.78 is 0. The van der Waals surface area contributed by atoms with Gasteiger partial charge in [0.1, 0.15) is 11.5 Å². The second-order valence-corrected chi connectivity index (χ2v) is 6.87. The van der Waals surface area contributed by atoms with Crippen LogP contribution in [0.15, 0.2) is 89.6 Å². The molecule has 1 aliphatic heterocycles. The molecule has 1 aliphatic rings. The number of hydrogen-bond donors (Lipinski definition) is 0. The molecule has 0 saturated heterocycles. The van der Waals surface area contributed by atoms with Crippen molar-refractivity contribution in [2.75, 3.05) is 4.90 Å². The summed E-state index contributed by atoms with van der Waals surface area (Å²) in [6.07, 6.45) is 1.76. The van der Waals surface area contributed by atoms with Crippen LogP contribution in [-0.4, -0.2) is 11.7 Å². The van der Waals surface area contributed by atoms with Crippen molar-refractivity contribution in [1.29, 1.82) is 0 Å². The van der Waals surface area contributed by atoms with Gasteiger partial charge in [-0.05, 0) is 48.0 Å². The Morgan fingerprint density at radius 3 is 2.00 bits per heavy atom. The van der Waals surface area contributed by atoms with Crippen molar-refractivity contribution < 1.29 is 4.79 Å². The van der Waals surface area contributed by atoms with Crippen LogP contribution in [0.4, 0.5) is 5.69 Å². The van der Waals surface area contributed by atoms with Gasteiger partial charge in [-0.2, -0.15) is 0 Å². The van der Waals surface area contributed by atoms with Gasteiger partial charge in [-0.15, -0.1) is 0 Å². The Morgan fingerprint density at radius 2 is 1.37 bits per heavy atom. The fourth-order valence-electron chi connectivity index (χ4n) is 2.84. The minimum atomic E-state index is -0.189. The molecule has 0 spiro atoms. The molecule has 0 aromatic heterocycles. The predicted molar refractivity (Wildman–Crippen MR) is 111 cm³/mol. The molecule has 0 aliphatic carbocycles. The molecule has 0 saturated carbocycles. The maximum absolute atomic E-state index is 13.1. The van der Waals surface area contributed by atoms with E-state index in [0.717, 1.165) is 11.1 Å². The van der Waals surface area contributed by atoms with Gasteiger partial charge in [-0.25, -0.2) is 4.99 Å². The van der Waals surface area contributed by atoms with Crippen LogP contribution >= 0.6 is 23.2 Å². The highest BCUT2D eigenvalue weighted by Crippen LogP contribution is 2.29. The summed E-state index contributed by atoms with van der Waals surface area (Å²) in [5, 5.41) is 1.26. The molecule has 1 amide bonds. The number of halogens is 2. The smallest absolute Gasteiger partial charge is 0.266 e. The van der Waals surface area contributed by atoms with Gasteiger partial charge in [0.2, 0.25) is 0 Å². The Balaban J connectivity index is 1.80. The number of amides is 1. The fourth-order valence-corrected chi connectivity index (χ4v) is 3.10. The molecule has 3 aromatic rings. The summed E-state index contributed by atoms with van der Waals surface area (Å²) in [4.78, 5) is 19.4. The number of nitrogens with zero attached hydrogens (tertiary/aromatic N) is 2. The Hall–Kier alpha value is -2.88. The number of benzene rings is 3. The first kappa shape index (κ1) is 17.5. The van der Waals surface area contributed by atoms with Crippen LogP contribution in [-0.2, 0) is 4.79 Å². The molecule has 0 bridgehead atoms. The average molecular weight is 393 g/mol. The lowest BCUT2D eigenvalue weighted by molar-refractivity contribution is -0.113. The Kier molecular flexibility index (Phi) is 4.80. The van der Waals surface area contributed by atoms with E-state index < -0.39 is 0 Å². The first-order valence-electron chi connectivity index (χ1n) is 8.33. The van der Waals surface area contributed by atoms with Crippen LogP contribution in [0, 0.1) is 0 Å². The zero-order chi connectivity index (χ0) is 18.8. The van der Waals surface area contributed by atoms with Crippen molar-refractivity contribution in [2.24, 2.45) is 4.99 Å². The van der Waals surface area contributed by atoms with Gasteiger partial charge >= 0.3 is 0 Å². The number of carbonyl (C=O) groups excluding carboxylic acids is 1. The van der Waals surface area contributed by atoms with Crippen molar-refractivity contribution in [1.82, 2.24) is 0 Å². The highest BCUT2D eigenvalue weighted by Gasteiger charge is 2.32. The maximum atomic E-state index is 13.1. The normalized spacial score (nSPS) is 15.3. The first-order chi connectivity index (χ1) is 13.1. The third kappa shape index (κ3) is 3.65. The predicted octanol–water partition coefficient (Wildman–Crippen LogP) is 5.83. The van der Waals surface area contributed by atoms with Gasteiger partial charge in [0, 0.05) is 15.6 Å². The summed E-state index contributed by atoms with van der Waals surface area (Å²) in [5.41, 5.74) is 2.80. The van der Waals surface area contributed by atoms with E-state index in [9.17, 15) is 4.79 Å². The summed E-state index contributed by atoms with van der Waals surface area (Å²) >= 11 is 11.9. The molecule has 3 aromatic carbocycles. The van der Waals surface area contributed by atoms with E-state index in [2.05, 4.69) is 4.99 Å². The van der Waals surface area contributed by atoms with Crippen LogP contribution in [0.3, 0.4) is 0 Å². The largest absolute Gasteiger partial charge is 0.282 e. The van der Waals surface area contributed by atoms with E-state index in [-0.39, 0.29) is 5.91 Å². The zero-order valence-corrected chi connectivity index (χ0v) is 15.7. The van der Waals surface area contributed by atoms with E-state index in [0.29, 0.717) is 27.3 Å². The van der Waals surface area contributed by atoms with Crippen LogP contribution < -0.4 is 4.90 Å². The molecule has 132 valence electrons. The number of anilines is 1. The second kappa shape index (κ2) is 7.39. The highest BCUT2D eigenvalue weighted by atomic mass is 35.5. The number of rotatable bonds is 3. The van der Waals surface area contributed by atoms with E-state index in [1.165, 1.54) is 0 Å². The molecule has 3 nitrogen and oxygen atoms in total. The Morgan fingerprint density at radius 1 is 0.778 bits per heavy atom. The monoisotopic (exact) mass is 392 g/mol. The number of aliphatic imine (C=N–C) groups is 1. The third-order valence-electron chi connectivity index (χ3n) is 4.15. The number of hydrogen-bond acceptors (Lipinski definition) is 2. The van der Waals surface area contributed by atoms with Crippen LogP contribution in [0.1, 0.15) is 11.1 Å². The van der Waals surface area contributed by atoms with Gasteiger partial charge < -0.3 is 0 Å². The number of carbonyl (C=O) groups is 1. The number of amidine groups is 1. The van der Waals surface area contributed by atoms with E-state index >= 15 is 0 Å². The van der Waals surface area contributed by atoms with Crippen LogP contribution in [0.2, 0.25) is 10.0 Å². The quantitative estimate of drug-likeness (QED) is 0.516. The molecule has 0 N–H and O–H groups in total. The summed E-state index contributed by atoms with van der Waals surface area (Å²) in [5.74, 6) is 0.397. The third-order valence-corrected chi connectivity index (χ3v) is 4.65. The topological polar surface area (TPSA) is 32.7 Å². The Bertz CT molecular complexity index is 1040. The van der Waals surface area contributed by atoms with E-state index in [1.807, 2.05) is 54.6 Å². The molecule has 0 radical (unpaired) electrons. The van der Waals surface area contributed by atoms with Crippen molar-refractivity contribution in [3.05, 3.63) is 106 Å². The molecular formula is C22H14Cl2N2O. The van der Waals surface area contributed by atoms with Crippen molar-refractivity contribution >= 4 is 46.7 Å². The highest BCUT2D eigenvalue weighted by molar-refractivity contribution is 6.34. The van der Waals surface area contributed by atoms with E-state index in [4.69, 9.17) is 23.2 Å². The van der Waals surface area contributed by atoms with Crippen molar-refractivity contribution in [2.45, 2.75) is 0 Å². The minimum Gasteiger partial charge on any atom is -0.266 e. The molecule has 0 fully saturated rings. The standard InChI is InChI=1S/C22H14Cl2N2O/c23-17-8-6-15(7-9-17)14-20-22(27)26(19-12-10-18(24)11-13-19)21(25-20)16-4-2-1-3-5-16/h1-14H/b20-14-. The van der Waals surface area contributed by atoms with Crippen LogP contribution in [0.25, 0.3) is 6.08 Å². The second-order valence-electron chi connectivity index (χ2n) is 6.00. The lowest BCUT2D eigenvalue weighted by Crippen LogP contribution is -2.32. The lowest BCUT2D eigenvalue weighted by atomic mass is 10.1. The van der Waals surface area contributed by atoms with Crippen molar-refractivity contribution in [3.63, 3.8) is 0 Å². The molecule has 0 unspecified atom stereocenters. The molecule has 0 atom stereocenters. The van der Waals surface area contributed by atoms with Gasteiger partial charge in [0.05, 0.1) is 5.69 Å². The van der Waals surface area contributed by atoms with Gasteiger partial charge in [-0.1, -0.05) is 65.7 Å². The van der Waals surface area contributed by atoms with E-state index in [1.54, 1.807) is 35.2 Å². The summed E-state index contributed by atoms with van der Waals surface area (Å²) in [6, 6.07) is 24.0. The van der Waals surface area contributed by atoms with Crippen molar-refractivity contribution in [3.8, 4) is 0 Å². The fraction of sp³-hybridized carbons (Fsp3) is 0. The molecule has 4 rings (SSSR count). The summed E-state index contributed by atoms with van der Waals surface area (Å²) in [7, 11) is 0. The molecule has 27 heavy (non-hydrogen) atoms. The SMILES string of the molecule is O=C1/C(=C/c2ccc(Cl)cc2)N=C(c2ccccc2)N1c1ccc(Cl)cc1. The average Bonchev–Trinajstić information content (AvgIpc) is 3.01. The Labute approximate surface area is 167 Å². The molecule has 5 heteroatoms. The summed E-state index contributed by atoms with van der Waals surface area (Å²) in [6.45, 7) is 0. The van der Waals surface area contributed by atoms with Gasteiger partial charge in [0.15, 0.2) is 0 Å². The first-order valence-corrected chi connectivity index (χ1v) is 9.09. The molecule has 1 heterocycles.